The van der Waals surface area contributed by atoms with Crippen LogP contribution in [0.5, 0.6) is 0 Å². The van der Waals surface area contributed by atoms with Crippen LogP contribution in [0.15, 0.2) is 48.8 Å². The summed E-state index contributed by atoms with van der Waals surface area (Å²) in [6, 6.07) is 12.7. The van der Waals surface area contributed by atoms with Gasteiger partial charge in [-0.05, 0) is 49.4 Å². The van der Waals surface area contributed by atoms with Crippen LogP contribution in [0.3, 0.4) is 0 Å². The van der Waals surface area contributed by atoms with Gasteiger partial charge in [-0.25, -0.2) is 0 Å². The van der Waals surface area contributed by atoms with Crippen molar-refractivity contribution in [3.05, 3.63) is 71.3 Å². The Morgan fingerprint density at radius 1 is 1.00 bits per heavy atom. The number of aryl methyl sites for hydroxylation is 2. The topological polar surface area (TPSA) is 55.0 Å². The van der Waals surface area contributed by atoms with Gasteiger partial charge in [0.25, 0.3) is 0 Å². The van der Waals surface area contributed by atoms with Crippen LogP contribution in [0.25, 0.3) is 10.8 Å². The van der Waals surface area contributed by atoms with Crippen LogP contribution in [-0.4, -0.2) is 28.0 Å². The molecule has 1 aromatic carbocycles. The predicted molar refractivity (Wildman–Crippen MR) is 103 cm³/mol. The number of nitrogens with zero attached hydrogens (tertiary/aromatic N) is 3. The molecule has 0 saturated heterocycles. The minimum atomic E-state index is 0.694. The van der Waals surface area contributed by atoms with Crippen LogP contribution in [0.1, 0.15) is 28.9 Å². The average molecular weight is 334 g/mol. The van der Waals surface area contributed by atoms with Gasteiger partial charge in [0, 0.05) is 37.4 Å². The van der Waals surface area contributed by atoms with Gasteiger partial charge >= 0.3 is 0 Å². The van der Waals surface area contributed by atoms with Crippen molar-refractivity contribution in [2.45, 2.75) is 33.4 Å². The summed E-state index contributed by atoms with van der Waals surface area (Å²) in [5.41, 5.74) is 10.4. The maximum Gasteiger partial charge on any atom is 0.0622 e. The summed E-state index contributed by atoms with van der Waals surface area (Å²) >= 11 is 0. The van der Waals surface area contributed by atoms with E-state index in [9.17, 15) is 0 Å². The third-order valence-electron chi connectivity index (χ3n) is 4.50. The molecule has 25 heavy (non-hydrogen) atoms. The van der Waals surface area contributed by atoms with Crippen LogP contribution in [0.2, 0.25) is 0 Å². The summed E-state index contributed by atoms with van der Waals surface area (Å²) in [6.45, 7) is 7.46. The fourth-order valence-electron chi connectivity index (χ4n) is 3.17. The number of hydrogen-bond donors (Lipinski definition) is 1. The van der Waals surface area contributed by atoms with Crippen molar-refractivity contribution in [1.82, 2.24) is 14.9 Å². The molecule has 0 radical (unpaired) electrons. The van der Waals surface area contributed by atoms with Gasteiger partial charge in [0.15, 0.2) is 0 Å². The molecular formula is C21H26N4. The lowest BCUT2D eigenvalue weighted by Gasteiger charge is -2.23. The summed E-state index contributed by atoms with van der Waals surface area (Å²) in [5, 5.41) is 2.45. The Kier molecular flexibility index (Phi) is 5.74. The van der Waals surface area contributed by atoms with Gasteiger partial charge in [-0.15, -0.1) is 0 Å². The van der Waals surface area contributed by atoms with Crippen molar-refractivity contribution in [3.8, 4) is 0 Å². The Labute approximate surface area is 149 Å². The Hall–Kier alpha value is -2.30. The molecule has 0 amide bonds. The zero-order valence-corrected chi connectivity index (χ0v) is 15.1. The molecule has 0 spiro atoms. The maximum atomic E-state index is 5.75. The van der Waals surface area contributed by atoms with Crippen molar-refractivity contribution in [2.24, 2.45) is 5.73 Å². The maximum absolute atomic E-state index is 5.75. The molecule has 2 heterocycles. The first kappa shape index (κ1) is 17.5. The highest BCUT2D eigenvalue weighted by Crippen LogP contribution is 2.19. The van der Waals surface area contributed by atoms with Gasteiger partial charge in [0.05, 0.1) is 11.4 Å². The number of pyridine rings is 2. The fourth-order valence-corrected chi connectivity index (χ4v) is 3.17. The molecule has 0 aliphatic heterocycles. The Morgan fingerprint density at radius 2 is 1.80 bits per heavy atom. The molecule has 4 heteroatoms. The lowest BCUT2D eigenvalue weighted by molar-refractivity contribution is 0.249. The summed E-state index contributed by atoms with van der Waals surface area (Å²) in [7, 11) is 0. The fraction of sp³-hybridized carbons (Fsp3) is 0.333. The second kappa shape index (κ2) is 8.19. The molecule has 0 atom stereocenters. The number of hydrogen-bond acceptors (Lipinski definition) is 4. The van der Waals surface area contributed by atoms with E-state index in [-0.39, 0.29) is 0 Å². The van der Waals surface area contributed by atoms with E-state index in [2.05, 4.69) is 65.1 Å². The first-order valence-corrected chi connectivity index (χ1v) is 8.84. The van der Waals surface area contributed by atoms with E-state index in [1.165, 1.54) is 21.9 Å². The van der Waals surface area contributed by atoms with Crippen molar-refractivity contribution < 1.29 is 0 Å². The van der Waals surface area contributed by atoms with E-state index in [1.54, 1.807) is 0 Å². The highest BCUT2D eigenvalue weighted by Gasteiger charge is 2.12. The summed E-state index contributed by atoms with van der Waals surface area (Å²) in [5.74, 6) is 0. The van der Waals surface area contributed by atoms with Crippen molar-refractivity contribution >= 4 is 10.8 Å². The largest absolute Gasteiger partial charge is 0.330 e. The van der Waals surface area contributed by atoms with E-state index in [0.717, 1.165) is 37.4 Å². The van der Waals surface area contributed by atoms with Gasteiger partial charge in [-0.1, -0.05) is 30.3 Å². The van der Waals surface area contributed by atoms with Gasteiger partial charge in [0.2, 0.25) is 0 Å². The van der Waals surface area contributed by atoms with Crippen molar-refractivity contribution in [2.75, 3.05) is 13.1 Å². The molecule has 0 aliphatic rings. The normalized spacial score (nSPS) is 11.4. The first-order chi connectivity index (χ1) is 12.2. The Bertz CT molecular complexity index is 839. The van der Waals surface area contributed by atoms with E-state index >= 15 is 0 Å². The summed E-state index contributed by atoms with van der Waals surface area (Å²) in [4.78, 5) is 11.7. The quantitative estimate of drug-likeness (QED) is 0.717. The van der Waals surface area contributed by atoms with Crippen LogP contribution in [-0.2, 0) is 13.1 Å². The van der Waals surface area contributed by atoms with Crippen molar-refractivity contribution in [3.63, 3.8) is 0 Å². The molecule has 0 saturated carbocycles. The van der Waals surface area contributed by atoms with Gasteiger partial charge in [-0.3, -0.25) is 14.9 Å². The van der Waals surface area contributed by atoms with E-state index in [1.807, 2.05) is 12.4 Å². The summed E-state index contributed by atoms with van der Waals surface area (Å²) < 4.78 is 0. The minimum Gasteiger partial charge on any atom is -0.330 e. The molecule has 3 rings (SSSR count). The molecule has 130 valence electrons. The number of benzene rings is 1. The van der Waals surface area contributed by atoms with Crippen LogP contribution < -0.4 is 5.73 Å². The molecule has 4 nitrogen and oxygen atoms in total. The van der Waals surface area contributed by atoms with Crippen LogP contribution in [0.4, 0.5) is 0 Å². The molecule has 0 bridgehead atoms. The standard InChI is InChI=1S/C21H26N4/c1-16-12-17(2)20(24-13-16)14-25(11-5-9-22)15-21-19-7-4-3-6-18(19)8-10-23-21/h3-4,6-8,10,12-13H,5,9,11,14-15,22H2,1-2H3. The monoisotopic (exact) mass is 334 g/mol. The highest BCUT2D eigenvalue weighted by molar-refractivity contribution is 5.84. The number of fused-ring (bicyclic) bond motifs is 1. The van der Waals surface area contributed by atoms with Crippen molar-refractivity contribution in [1.29, 1.82) is 0 Å². The number of aromatic nitrogens is 2. The predicted octanol–water partition coefficient (Wildman–Crippen LogP) is 3.60. The lowest BCUT2D eigenvalue weighted by atomic mass is 10.1. The van der Waals surface area contributed by atoms with Crippen LogP contribution in [0, 0.1) is 13.8 Å². The molecular weight excluding hydrogens is 308 g/mol. The third kappa shape index (κ3) is 4.41. The van der Waals surface area contributed by atoms with Gasteiger partial charge in [0.1, 0.15) is 0 Å². The second-order valence-corrected chi connectivity index (χ2v) is 6.61. The van der Waals surface area contributed by atoms with Crippen LogP contribution >= 0.6 is 0 Å². The zero-order valence-electron chi connectivity index (χ0n) is 15.1. The molecule has 0 unspecified atom stereocenters. The first-order valence-electron chi connectivity index (χ1n) is 8.84. The molecule has 0 fully saturated rings. The SMILES string of the molecule is Cc1cnc(CN(CCCN)Cc2nccc3ccccc23)c(C)c1. The van der Waals surface area contributed by atoms with E-state index in [0.29, 0.717) is 6.54 Å². The number of nitrogens with two attached hydrogens (primary N) is 1. The summed E-state index contributed by atoms with van der Waals surface area (Å²) in [6.07, 6.45) is 4.81. The third-order valence-corrected chi connectivity index (χ3v) is 4.50. The smallest absolute Gasteiger partial charge is 0.0622 e. The average Bonchev–Trinajstić information content (AvgIpc) is 2.62. The second-order valence-electron chi connectivity index (χ2n) is 6.61. The molecule has 2 N–H and O–H groups in total. The minimum absolute atomic E-state index is 0.694. The van der Waals surface area contributed by atoms with Gasteiger partial charge < -0.3 is 5.73 Å². The van der Waals surface area contributed by atoms with E-state index < -0.39 is 0 Å². The van der Waals surface area contributed by atoms with Gasteiger partial charge in [-0.2, -0.15) is 0 Å². The molecule has 0 aliphatic carbocycles. The molecule has 3 aromatic rings. The lowest BCUT2D eigenvalue weighted by Crippen LogP contribution is -2.27. The highest BCUT2D eigenvalue weighted by atomic mass is 15.1. The number of rotatable bonds is 7. The van der Waals surface area contributed by atoms with E-state index in [4.69, 9.17) is 5.73 Å². The Balaban J connectivity index is 1.85. The molecule has 2 aromatic heterocycles. The zero-order chi connectivity index (χ0) is 17.6. The Morgan fingerprint density at radius 3 is 2.60 bits per heavy atom.